The van der Waals surface area contributed by atoms with E-state index in [0.717, 1.165) is 26.9 Å². The summed E-state index contributed by atoms with van der Waals surface area (Å²) in [6.45, 7) is 3.98. The van der Waals surface area contributed by atoms with Gasteiger partial charge in [0.1, 0.15) is 11.6 Å². The number of nitrogens with two attached hydrogens (primary N) is 1. The van der Waals surface area contributed by atoms with E-state index in [1.807, 2.05) is 26.0 Å². The molecule has 0 saturated carbocycles. The third kappa shape index (κ3) is 3.10. The van der Waals surface area contributed by atoms with Crippen molar-refractivity contribution in [3.8, 4) is 5.75 Å². The second kappa shape index (κ2) is 6.56. The van der Waals surface area contributed by atoms with Gasteiger partial charge in [-0.05, 0) is 43.2 Å². The van der Waals surface area contributed by atoms with Crippen LogP contribution in [0.1, 0.15) is 28.3 Å². The molecule has 0 aliphatic carbocycles. The second-order valence-electron chi connectivity index (χ2n) is 4.90. The highest BCUT2D eigenvalue weighted by atomic mass is 79.9. The molecule has 0 aliphatic rings. The van der Waals surface area contributed by atoms with Crippen molar-refractivity contribution in [1.82, 2.24) is 5.43 Å². The van der Waals surface area contributed by atoms with Gasteiger partial charge in [0.2, 0.25) is 0 Å². The van der Waals surface area contributed by atoms with E-state index in [2.05, 4.69) is 21.4 Å². The van der Waals surface area contributed by atoms with Crippen LogP contribution in [-0.2, 0) is 0 Å². The third-order valence-corrected chi connectivity index (χ3v) is 4.15. The van der Waals surface area contributed by atoms with E-state index in [9.17, 15) is 4.39 Å². The number of hydrogen-bond acceptors (Lipinski definition) is 3. The van der Waals surface area contributed by atoms with Crippen LogP contribution in [-0.4, -0.2) is 7.11 Å². The highest BCUT2D eigenvalue weighted by molar-refractivity contribution is 9.10. The maximum absolute atomic E-state index is 14.2. The Balaban J connectivity index is 2.62. The standard InChI is InChI=1S/C16H18BrFN2O/c1-9-4-6-12(16(21-3)10(9)2)15(20-19)13-8-11(17)5-7-14(13)18/h4-8,15,20H,19H2,1-3H3. The lowest BCUT2D eigenvalue weighted by molar-refractivity contribution is 0.399. The van der Waals surface area contributed by atoms with E-state index in [0.29, 0.717) is 5.56 Å². The van der Waals surface area contributed by atoms with Gasteiger partial charge in [-0.3, -0.25) is 5.84 Å². The minimum atomic E-state index is -0.489. The monoisotopic (exact) mass is 352 g/mol. The lowest BCUT2D eigenvalue weighted by Crippen LogP contribution is -2.30. The smallest absolute Gasteiger partial charge is 0.128 e. The summed E-state index contributed by atoms with van der Waals surface area (Å²) in [5.74, 6) is 6.08. The Morgan fingerprint density at radius 3 is 2.52 bits per heavy atom. The van der Waals surface area contributed by atoms with E-state index < -0.39 is 6.04 Å². The molecule has 2 aromatic carbocycles. The van der Waals surface area contributed by atoms with Crippen LogP contribution in [0.4, 0.5) is 4.39 Å². The molecule has 0 amide bonds. The number of rotatable bonds is 4. The van der Waals surface area contributed by atoms with Gasteiger partial charge in [0, 0.05) is 15.6 Å². The first kappa shape index (κ1) is 15.9. The summed E-state index contributed by atoms with van der Waals surface area (Å²) in [6.07, 6.45) is 0. The van der Waals surface area contributed by atoms with Crippen molar-refractivity contribution in [1.29, 1.82) is 0 Å². The summed E-state index contributed by atoms with van der Waals surface area (Å²) in [6, 6.07) is 8.19. The quantitative estimate of drug-likeness (QED) is 0.650. The van der Waals surface area contributed by atoms with Gasteiger partial charge < -0.3 is 4.74 Å². The zero-order chi connectivity index (χ0) is 15.6. The number of halogens is 2. The van der Waals surface area contributed by atoms with Crippen LogP contribution >= 0.6 is 15.9 Å². The predicted molar refractivity (Wildman–Crippen MR) is 85.7 cm³/mol. The van der Waals surface area contributed by atoms with Gasteiger partial charge in [-0.1, -0.05) is 28.1 Å². The topological polar surface area (TPSA) is 47.3 Å². The van der Waals surface area contributed by atoms with E-state index in [4.69, 9.17) is 10.6 Å². The molecule has 1 unspecified atom stereocenters. The van der Waals surface area contributed by atoms with Crippen LogP contribution in [0, 0.1) is 19.7 Å². The largest absolute Gasteiger partial charge is 0.496 e. The van der Waals surface area contributed by atoms with Crippen LogP contribution in [0.2, 0.25) is 0 Å². The summed E-state index contributed by atoms with van der Waals surface area (Å²) in [5.41, 5.74) is 6.09. The Morgan fingerprint density at radius 1 is 1.19 bits per heavy atom. The van der Waals surface area contributed by atoms with Crippen LogP contribution in [0.15, 0.2) is 34.8 Å². The molecule has 5 heteroatoms. The van der Waals surface area contributed by atoms with Crippen molar-refractivity contribution in [3.63, 3.8) is 0 Å². The Bertz CT molecular complexity index is 661. The van der Waals surface area contributed by atoms with Gasteiger partial charge in [-0.15, -0.1) is 0 Å². The minimum Gasteiger partial charge on any atom is -0.496 e. The molecule has 112 valence electrons. The molecule has 3 N–H and O–H groups in total. The van der Waals surface area contributed by atoms with Gasteiger partial charge in [0.15, 0.2) is 0 Å². The molecule has 0 aliphatic heterocycles. The lowest BCUT2D eigenvalue weighted by Gasteiger charge is -2.22. The zero-order valence-electron chi connectivity index (χ0n) is 12.2. The molecule has 0 spiro atoms. The molecule has 0 radical (unpaired) electrons. The summed E-state index contributed by atoms with van der Waals surface area (Å²) < 4.78 is 20.4. The fraction of sp³-hybridized carbons (Fsp3) is 0.250. The molecule has 3 nitrogen and oxygen atoms in total. The molecule has 2 rings (SSSR count). The van der Waals surface area contributed by atoms with Crippen LogP contribution in [0.3, 0.4) is 0 Å². The Morgan fingerprint density at radius 2 is 1.90 bits per heavy atom. The summed E-state index contributed by atoms with van der Waals surface area (Å²) >= 11 is 3.36. The lowest BCUT2D eigenvalue weighted by atomic mass is 9.94. The Kier molecular flexibility index (Phi) is 4.98. The minimum absolute atomic E-state index is 0.318. The van der Waals surface area contributed by atoms with Crippen molar-refractivity contribution >= 4 is 15.9 Å². The SMILES string of the molecule is COc1c(C(NN)c2cc(Br)ccc2F)ccc(C)c1C. The van der Waals surface area contributed by atoms with Gasteiger partial charge in [0.25, 0.3) is 0 Å². The second-order valence-corrected chi connectivity index (χ2v) is 5.81. The van der Waals surface area contributed by atoms with Gasteiger partial charge in [0.05, 0.1) is 13.2 Å². The van der Waals surface area contributed by atoms with Gasteiger partial charge in [-0.25, -0.2) is 9.82 Å². The number of aryl methyl sites for hydroxylation is 1. The maximum atomic E-state index is 14.2. The van der Waals surface area contributed by atoms with Gasteiger partial charge >= 0.3 is 0 Å². The fourth-order valence-electron chi connectivity index (χ4n) is 2.39. The molecular weight excluding hydrogens is 335 g/mol. The molecule has 0 aromatic heterocycles. The predicted octanol–water partition coefficient (Wildman–Crippen LogP) is 3.77. The molecule has 21 heavy (non-hydrogen) atoms. The molecule has 0 heterocycles. The first-order chi connectivity index (χ1) is 9.99. The molecule has 0 bridgehead atoms. The van der Waals surface area contributed by atoms with E-state index in [1.165, 1.54) is 6.07 Å². The normalized spacial score (nSPS) is 12.3. The number of methoxy groups -OCH3 is 1. The Hall–Kier alpha value is -1.43. The number of hydrazine groups is 1. The third-order valence-electron chi connectivity index (χ3n) is 3.66. The van der Waals surface area contributed by atoms with Crippen LogP contribution in [0.25, 0.3) is 0 Å². The highest BCUT2D eigenvalue weighted by Gasteiger charge is 2.22. The molecule has 2 aromatic rings. The maximum Gasteiger partial charge on any atom is 0.128 e. The van der Waals surface area contributed by atoms with Crippen molar-refractivity contribution < 1.29 is 9.13 Å². The van der Waals surface area contributed by atoms with E-state index >= 15 is 0 Å². The summed E-state index contributed by atoms with van der Waals surface area (Å²) in [5, 5.41) is 0. The van der Waals surface area contributed by atoms with Crippen LogP contribution < -0.4 is 16.0 Å². The molecule has 1 atom stereocenters. The van der Waals surface area contributed by atoms with Crippen molar-refractivity contribution in [3.05, 3.63) is 62.9 Å². The molecule has 0 fully saturated rings. The molecular formula is C16H18BrFN2O. The number of benzene rings is 2. The number of hydrogen-bond donors (Lipinski definition) is 2. The number of ether oxygens (including phenoxy) is 1. The van der Waals surface area contributed by atoms with Crippen LogP contribution in [0.5, 0.6) is 5.75 Å². The van der Waals surface area contributed by atoms with Crippen molar-refractivity contribution in [2.45, 2.75) is 19.9 Å². The first-order valence-corrected chi connectivity index (χ1v) is 7.34. The Labute approximate surface area is 132 Å². The van der Waals surface area contributed by atoms with E-state index in [1.54, 1.807) is 19.2 Å². The summed E-state index contributed by atoms with van der Waals surface area (Å²) in [7, 11) is 1.61. The van der Waals surface area contributed by atoms with E-state index in [-0.39, 0.29) is 5.82 Å². The zero-order valence-corrected chi connectivity index (χ0v) is 13.8. The summed E-state index contributed by atoms with van der Waals surface area (Å²) in [4.78, 5) is 0. The fourth-order valence-corrected chi connectivity index (χ4v) is 2.77. The average molecular weight is 353 g/mol. The highest BCUT2D eigenvalue weighted by Crippen LogP contribution is 2.35. The van der Waals surface area contributed by atoms with Gasteiger partial charge in [-0.2, -0.15) is 0 Å². The first-order valence-electron chi connectivity index (χ1n) is 6.54. The van der Waals surface area contributed by atoms with Crippen molar-refractivity contribution in [2.75, 3.05) is 7.11 Å². The average Bonchev–Trinajstić information content (AvgIpc) is 2.47. The molecule has 0 saturated heterocycles. The van der Waals surface area contributed by atoms with Crippen molar-refractivity contribution in [2.24, 2.45) is 5.84 Å². The number of nitrogens with one attached hydrogen (secondary N) is 1.